The number of benzene rings is 1. The van der Waals surface area contributed by atoms with E-state index in [0.717, 1.165) is 25.2 Å². The third kappa shape index (κ3) is 2.68. The molecule has 4 heteroatoms. The number of rotatable bonds is 2. The summed E-state index contributed by atoms with van der Waals surface area (Å²) in [4.78, 5) is 2.44. The first-order chi connectivity index (χ1) is 8.70. The monoisotopic (exact) mass is 268 g/mol. The van der Waals surface area contributed by atoms with Crippen molar-refractivity contribution in [3.05, 3.63) is 34.6 Å². The normalized spacial score (nSPS) is 28.3. The van der Waals surface area contributed by atoms with Crippen molar-refractivity contribution in [1.29, 1.82) is 0 Å². The summed E-state index contributed by atoms with van der Waals surface area (Å²) in [5.74, 6) is -0.336. The van der Waals surface area contributed by atoms with Gasteiger partial charge in [-0.2, -0.15) is 0 Å². The van der Waals surface area contributed by atoms with Gasteiger partial charge in [-0.25, -0.2) is 4.39 Å². The standard InChI is InChI=1S/C14H18ClFN2/c15-13-7-10(1-4-14(13)16)8-18-6-5-11-2-3-12(9-18)17-11/h1,4,7,11-12,17H,2-3,5-6,8-9H2/t11-,12+/m0/s1. The summed E-state index contributed by atoms with van der Waals surface area (Å²) < 4.78 is 13.1. The zero-order valence-corrected chi connectivity index (χ0v) is 11.1. The second-order valence-corrected chi connectivity index (χ2v) is 5.82. The van der Waals surface area contributed by atoms with Crippen molar-refractivity contribution in [3.8, 4) is 0 Å². The lowest BCUT2D eigenvalue weighted by atomic mass is 10.1. The van der Waals surface area contributed by atoms with E-state index in [-0.39, 0.29) is 10.8 Å². The number of nitrogens with one attached hydrogen (secondary N) is 1. The van der Waals surface area contributed by atoms with Crippen LogP contribution in [0.15, 0.2) is 18.2 Å². The Kier molecular flexibility index (Phi) is 3.55. The van der Waals surface area contributed by atoms with E-state index in [9.17, 15) is 4.39 Å². The van der Waals surface area contributed by atoms with Gasteiger partial charge in [0.15, 0.2) is 0 Å². The average molecular weight is 269 g/mol. The van der Waals surface area contributed by atoms with Crippen LogP contribution in [-0.4, -0.2) is 30.1 Å². The maximum absolute atomic E-state index is 13.1. The van der Waals surface area contributed by atoms with Crippen LogP contribution in [0.3, 0.4) is 0 Å². The minimum Gasteiger partial charge on any atom is -0.310 e. The molecule has 18 heavy (non-hydrogen) atoms. The van der Waals surface area contributed by atoms with Crippen LogP contribution in [-0.2, 0) is 6.54 Å². The van der Waals surface area contributed by atoms with Crippen LogP contribution in [0.1, 0.15) is 24.8 Å². The van der Waals surface area contributed by atoms with E-state index in [4.69, 9.17) is 11.6 Å². The van der Waals surface area contributed by atoms with Gasteiger partial charge in [0, 0.05) is 31.7 Å². The Morgan fingerprint density at radius 1 is 1.28 bits per heavy atom. The minimum atomic E-state index is -0.336. The fraction of sp³-hybridized carbons (Fsp3) is 0.571. The predicted molar refractivity (Wildman–Crippen MR) is 71.2 cm³/mol. The summed E-state index contributed by atoms with van der Waals surface area (Å²) in [5.41, 5.74) is 1.10. The van der Waals surface area contributed by atoms with Gasteiger partial charge >= 0.3 is 0 Å². The number of hydrogen-bond donors (Lipinski definition) is 1. The van der Waals surface area contributed by atoms with Gasteiger partial charge < -0.3 is 5.32 Å². The van der Waals surface area contributed by atoms with Crippen LogP contribution in [0.25, 0.3) is 0 Å². The highest BCUT2D eigenvalue weighted by atomic mass is 35.5. The zero-order valence-electron chi connectivity index (χ0n) is 10.3. The fourth-order valence-corrected chi connectivity index (χ4v) is 3.26. The Labute approximate surface area is 112 Å². The Morgan fingerprint density at radius 2 is 2.11 bits per heavy atom. The smallest absolute Gasteiger partial charge is 0.141 e. The molecule has 0 saturated carbocycles. The quantitative estimate of drug-likeness (QED) is 0.887. The van der Waals surface area contributed by atoms with Crippen LogP contribution in [0, 0.1) is 5.82 Å². The van der Waals surface area contributed by atoms with Crippen molar-refractivity contribution in [3.63, 3.8) is 0 Å². The first-order valence-electron chi connectivity index (χ1n) is 6.63. The number of halogens is 2. The number of nitrogens with zero attached hydrogens (tertiary/aromatic N) is 1. The molecule has 2 saturated heterocycles. The molecule has 0 unspecified atom stereocenters. The lowest BCUT2D eigenvalue weighted by molar-refractivity contribution is 0.251. The Balaban J connectivity index is 1.66. The highest BCUT2D eigenvalue weighted by Gasteiger charge is 2.29. The summed E-state index contributed by atoms with van der Waals surface area (Å²) in [6.45, 7) is 3.07. The topological polar surface area (TPSA) is 15.3 Å². The molecule has 2 atom stereocenters. The van der Waals surface area contributed by atoms with Crippen molar-refractivity contribution in [2.75, 3.05) is 13.1 Å². The molecule has 0 amide bonds. The molecule has 0 radical (unpaired) electrons. The molecule has 3 rings (SSSR count). The first-order valence-corrected chi connectivity index (χ1v) is 7.01. The SMILES string of the molecule is Fc1ccc(CN2CC[C@@H]3CC[C@H](C2)N3)cc1Cl. The van der Waals surface area contributed by atoms with E-state index in [0.29, 0.717) is 12.1 Å². The van der Waals surface area contributed by atoms with E-state index in [1.165, 1.54) is 25.3 Å². The highest BCUT2D eigenvalue weighted by Crippen LogP contribution is 2.22. The van der Waals surface area contributed by atoms with Crippen LogP contribution < -0.4 is 5.32 Å². The first kappa shape index (κ1) is 12.4. The number of hydrogen-bond acceptors (Lipinski definition) is 2. The Bertz CT molecular complexity index is 438. The van der Waals surface area contributed by atoms with Crippen molar-refractivity contribution in [1.82, 2.24) is 10.2 Å². The van der Waals surface area contributed by atoms with Crippen molar-refractivity contribution in [2.24, 2.45) is 0 Å². The second-order valence-electron chi connectivity index (χ2n) is 5.41. The molecular formula is C14H18ClFN2. The van der Waals surface area contributed by atoms with E-state index in [2.05, 4.69) is 10.2 Å². The van der Waals surface area contributed by atoms with Gasteiger partial charge in [-0.15, -0.1) is 0 Å². The van der Waals surface area contributed by atoms with Crippen LogP contribution in [0.5, 0.6) is 0 Å². The molecule has 2 heterocycles. The zero-order chi connectivity index (χ0) is 12.5. The molecule has 2 fully saturated rings. The van der Waals surface area contributed by atoms with Crippen LogP contribution >= 0.6 is 11.6 Å². The molecule has 2 nitrogen and oxygen atoms in total. The molecule has 1 N–H and O–H groups in total. The van der Waals surface area contributed by atoms with E-state index < -0.39 is 0 Å². The average Bonchev–Trinajstić information content (AvgIpc) is 2.68. The fourth-order valence-electron chi connectivity index (χ4n) is 3.06. The summed E-state index contributed by atoms with van der Waals surface area (Å²) >= 11 is 5.82. The minimum absolute atomic E-state index is 0.224. The van der Waals surface area contributed by atoms with E-state index >= 15 is 0 Å². The lowest BCUT2D eigenvalue weighted by Crippen LogP contribution is -2.34. The largest absolute Gasteiger partial charge is 0.310 e. The maximum Gasteiger partial charge on any atom is 0.141 e. The molecule has 0 aromatic heterocycles. The summed E-state index contributed by atoms with van der Waals surface area (Å²) in [7, 11) is 0. The van der Waals surface area contributed by atoms with Crippen LogP contribution in [0.4, 0.5) is 4.39 Å². The molecule has 0 spiro atoms. The number of fused-ring (bicyclic) bond motifs is 2. The lowest BCUT2D eigenvalue weighted by Gasteiger charge is -2.24. The third-order valence-electron chi connectivity index (χ3n) is 4.00. The van der Waals surface area contributed by atoms with Gasteiger partial charge in [0.25, 0.3) is 0 Å². The van der Waals surface area contributed by atoms with Crippen molar-refractivity contribution >= 4 is 11.6 Å². The second kappa shape index (κ2) is 5.16. The Morgan fingerprint density at radius 3 is 2.94 bits per heavy atom. The summed E-state index contributed by atoms with van der Waals surface area (Å²) in [6, 6.07) is 6.37. The summed E-state index contributed by atoms with van der Waals surface area (Å²) in [5, 5.41) is 3.89. The molecule has 0 aliphatic carbocycles. The van der Waals surface area contributed by atoms with Gasteiger partial charge in [0.2, 0.25) is 0 Å². The molecule has 2 aliphatic heterocycles. The van der Waals surface area contributed by atoms with Gasteiger partial charge in [-0.3, -0.25) is 4.90 Å². The van der Waals surface area contributed by atoms with Gasteiger partial charge in [-0.05, 0) is 37.0 Å². The third-order valence-corrected chi connectivity index (χ3v) is 4.29. The highest BCUT2D eigenvalue weighted by molar-refractivity contribution is 6.30. The van der Waals surface area contributed by atoms with Gasteiger partial charge in [0.05, 0.1) is 5.02 Å². The number of likely N-dealkylation sites (tertiary alicyclic amines) is 1. The molecule has 1 aromatic rings. The molecule has 2 bridgehead atoms. The van der Waals surface area contributed by atoms with E-state index in [1.807, 2.05) is 6.07 Å². The Hall–Kier alpha value is -0.640. The van der Waals surface area contributed by atoms with Gasteiger partial charge in [-0.1, -0.05) is 17.7 Å². The molecule has 2 aliphatic rings. The van der Waals surface area contributed by atoms with Gasteiger partial charge in [0.1, 0.15) is 5.82 Å². The summed E-state index contributed by atoms with van der Waals surface area (Å²) in [6.07, 6.45) is 3.82. The van der Waals surface area contributed by atoms with E-state index in [1.54, 1.807) is 6.07 Å². The molecule has 1 aromatic carbocycles. The maximum atomic E-state index is 13.1. The van der Waals surface area contributed by atoms with Crippen molar-refractivity contribution in [2.45, 2.75) is 37.9 Å². The molecular weight excluding hydrogens is 251 g/mol. The predicted octanol–water partition coefficient (Wildman–Crippen LogP) is 2.81. The van der Waals surface area contributed by atoms with Crippen LogP contribution in [0.2, 0.25) is 5.02 Å². The molecule has 98 valence electrons. The van der Waals surface area contributed by atoms with Crippen molar-refractivity contribution < 1.29 is 4.39 Å².